The molecule has 0 saturated carbocycles. The molecule has 0 aromatic heterocycles. The first kappa shape index (κ1) is 19.6. The molecule has 2 aliphatic heterocycles. The average molecular weight is 395 g/mol. The Morgan fingerprint density at radius 1 is 1.07 bits per heavy atom. The number of hydrogen-bond acceptors (Lipinski definition) is 4. The first-order chi connectivity index (χ1) is 13.7. The first-order valence-electron chi connectivity index (χ1n) is 10.3. The minimum absolute atomic E-state index is 0.105. The van der Waals surface area contributed by atoms with Crippen LogP contribution in [-0.2, 0) is 11.2 Å². The zero-order chi connectivity index (χ0) is 20.6. The van der Waals surface area contributed by atoms with Gasteiger partial charge in [-0.1, -0.05) is 24.3 Å². The third kappa shape index (κ3) is 4.34. The van der Waals surface area contributed by atoms with E-state index in [0.29, 0.717) is 6.61 Å². The SMILES string of the molecule is CC(C)(C)OC(=O)N1CCC2(CC1)COc1cc(-c3ccc(N)cc3)ccc1C2. The smallest absolute Gasteiger partial charge is 0.410 e. The van der Waals surface area contributed by atoms with Crippen LogP contribution < -0.4 is 10.5 Å². The molecule has 2 heterocycles. The summed E-state index contributed by atoms with van der Waals surface area (Å²) in [4.78, 5) is 14.2. The molecule has 0 bridgehead atoms. The predicted octanol–water partition coefficient (Wildman–Crippen LogP) is 4.89. The summed E-state index contributed by atoms with van der Waals surface area (Å²) in [5.41, 5.74) is 9.74. The molecule has 0 aliphatic carbocycles. The highest BCUT2D eigenvalue weighted by Crippen LogP contribution is 2.43. The van der Waals surface area contributed by atoms with Gasteiger partial charge in [-0.05, 0) is 74.9 Å². The minimum atomic E-state index is -0.457. The van der Waals surface area contributed by atoms with Gasteiger partial charge in [0.2, 0.25) is 0 Å². The van der Waals surface area contributed by atoms with Crippen molar-refractivity contribution in [1.29, 1.82) is 0 Å². The molecule has 5 nitrogen and oxygen atoms in total. The van der Waals surface area contributed by atoms with Crippen LogP contribution in [-0.4, -0.2) is 36.3 Å². The number of carbonyl (C=O) groups is 1. The van der Waals surface area contributed by atoms with E-state index in [-0.39, 0.29) is 11.5 Å². The summed E-state index contributed by atoms with van der Waals surface area (Å²) in [6.07, 6.45) is 2.65. The Labute approximate surface area is 172 Å². The van der Waals surface area contributed by atoms with E-state index in [1.165, 1.54) is 5.56 Å². The summed E-state index contributed by atoms with van der Waals surface area (Å²) in [7, 11) is 0. The van der Waals surface area contributed by atoms with Crippen LogP contribution in [0.4, 0.5) is 10.5 Å². The molecule has 0 unspecified atom stereocenters. The normalized spacial score (nSPS) is 18.1. The number of hydrogen-bond donors (Lipinski definition) is 1. The van der Waals surface area contributed by atoms with Crippen molar-refractivity contribution in [2.24, 2.45) is 5.41 Å². The summed E-state index contributed by atoms with van der Waals surface area (Å²) in [5, 5.41) is 0. The van der Waals surface area contributed by atoms with E-state index in [1.807, 2.05) is 49.9 Å². The molecule has 29 heavy (non-hydrogen) atoms. The largest absolute Gasteiger partial charge is 0.493 e. The fourth-order valence-electron chi connectivity index (χ4n) is 4.19. The Morgan fingerprint density at radius 3 is 2.38 bits per heavy atom. The maximum absolute atomic E-state index is 12.3. The van der Waals surface area contributed by atoms with Crippen LogP contribution in [0.1, 0.15) is 39.2 Å². The van der Waals surface area contributed by atoms with E-state index >= 15 is 0 Å². The number of piperidine rings is 1. The lowest BCUT2D eigenvalue weighted by Gasteiger charge is -2.44. The van der Waals surface area contributed by atoms with Crippen molar-refractivity contribution < 1.29 is 14.3 Å². The van der Waals surface area contributed by atoms with E-state index in [1.54, 1.807) is 0 Å². The van der Waals surface area contributed by atoms with Gasteiger partial charge in [-0.2, -0.15) is 0 Å². The van der Waals surface area contributed by atoms with Crippen LogP contribution in [0, 0.1) is 5.41 Å². The maximum Gasteiger partial charge on any atom is 0.410 e. The number of amides is 1. The standard InChI is InChI=1S/C24H30N2O3/c1-23(2,3)29-22(27)26-12-10-24(11-13-26)15-19-5-4-18(14-21(19)28-16-24)17-6-8-20(25)9-7-17/h4-9,14H,10-13,15-16,25H2,1-3H3. The lowest BCUT2D eigenvalue weighted by atomic mass is 9.73. The zero-order valence-corrected chi connectivity index (χ0v) is 17.5. The van der Waals surface area contributed by atoms with Gasteiger partial charge in [0.1, 0.15) is 11.4 Å². The Morgan fingerprint density at radius 2 is 1.72 bits per heavy atom. The highest BCUT2D eigenvalue weighted by molar-refractivity contribution is 5.69. The molecule has 1 fully saturated rings. The molecule has 154 valence electrons. The summed E-state index contributed by atoms with van der Waals surface area (Å²) < 4.78 is 11.7. The molecule has 1 spiro atoms. The van der Waals surface area contributed by atoms with Crippen molar-refractivity contribution in [1.82, 2.24) is 4.90 Å². The number of anilines is 1. The number of nitrogens with zero attached hydrogens (tertiary/aromatic N) is 1. The Hall–Kier alpha value is -2.69. The quantitative estimate of drug-likeness (QED) is 0.700. The predicted molar refractivity (Wildman–Crippen MR) is 115 cm³/mol. The molecule has 2 N–H and O–H groups in total. The molecule has 2 aromatic rings. The molecule has 1 amide bonds. The zero-order valence-electron chi connectivity index (χ0n) is 17.5. The Balaban J connectivity index is 1.43. The summed E-state index contributed by atoms with van der Waals surface area (Å²) in [6.45, 7) is 7.85. The van der Waals surface area contributed by atoms with Gasteiger partial charge in [-0.15, -0.1) is 0 Å². The topological polar surface area (TPSA) is 64.8 Å². The molecule has 0 radical (unpaired) electrons. The summed E-state index contributed by atoms with van der Waals surface area (Å²) in [5.74, 6) is 0.972. The second-order valence-corrected chi connectivity index (χ2v) is 9.38. The number of benzene rings is 2. The lowest BCUT2D eigenvalue weighted by molar-refractivity contribution is -0.000984. The van der Waals surface area contributed by atoms with Gasteiger partial charge in [-0.3, -0.25) is 0 Å². The van der Waals surface area contributed by atoms with Crippen molar-refractivity contribution in [2.75, 3.05) is 25.4 Å². The lowest BCUT2D eigenvalue weighted by Crippen LogP contribution is -2.48. The van der Waals surface area contributed by atoms with Gasteiger partial charge in [0.25, 0.3) is 0 Å². The van der Waals surface area contributed by atoms with E-state index in [4.69, 9.17) is 15.2 Å². The average Bonchev–Trinajstić information content (AvgIpc) is 2.67. The number of nitrogen functional groups attached to an aromatic ring is 1. The molecule has 0 atom stereocenters. The van der Waals surface area contributed by atoms with Crippen LogP contribution in [0.2, 0.25) is 0 Å². The van der Waals surface area contributed by atoms with Gasteiger partial charge >= 0.3 is 6.09 Å². The molecule has 1 saturated heterocycles. The number of carbonyl (C=O) groups excluding carboxylic acids is 1. The van der Waals surface area contributed by atoms with E-state index < -0.39 is 5.60 Å². The van der Waals surface area contributed by atoms with Crippen LogP contribution in [0.5, 0.6) is 5.75 Å². The van der Waals surface area contributed by atoms with Crippen molar-refractivity contribution in [3.8, 4) is 16.9 Å². The molecular formula is C24H30N2O3. The summed E-state index contributed by atoms with van der Waals surface area (Å²) in [6, 6.07) is 14.4. The molecule has 5 heteroatoms. The van der Waals surface area contributed by atoms with Crippen LogP contribution >= 0.6 is 0 Å². The number of rotatable bonds is 1. The fraction of sp³-hybridized carbons (Fsp3) is 0.458. The second-order valence-electron chi connectivity index (χ2n) is 9.38. The monoisotopic (exact) mass is 394 g/mol. The van der Waals surface area contributed by atoms with Gasteiger partial charge in [-0.25, -0.2) is 4.79 Å². The molecule has 2 aliphatic rings. The second kappa shape index (κ2) is 7.29. The third-order valence-electron chi connectivity index (χ3n) is 5.89. The van der Waals surface area contributed by atoms with Crippen LogP contribution in [0.15, 0.2) is 42.5 Å². The van der Waals surface area contributed by atoms with Crippen LogP contribution in [0.25, 0.3) is 11.1 Å². The summed E-state index contributed by atoms with van der Waals surface area (Å²) >= 11 is 0. The van der Waals surface area contributed by atoms with Gasteiger partial charge in [0.15, 0.2) is 0 Å². The van der Waals surface area contributed by atoms with Crippen molar-refractivity contribution >= 4 is 11.8 Å². The van der Waals surface area contributed by atoms with Gasteiger partial charge in [0.05, 0.1) is 6.61 Å². The number of ether oxygens (including phenoxy) is 2. The number of fused-ring (bicyclic) bond motifs is 1. The van der Waals surface area contributed by atoms with E-state index in [0.717, 1.165) is 54.9 Å². The van der Waals surface area contributed by atoms with E-state index in [2.05, 4.69) is 18.2 Å². The maximum atomic E-state index is 12.3. The van der Waals surface area contributed by atoms with Crippen molar-refractivity contribution in [3.05, 3.63) is 48.0 Å². The van der Waals surface area contributed by atoms with Gasteiger partial charge < -0.3 is 20.1 Å². The minimum Gasteiger partial charge on any atom is -0.493 e. The molecule has 2 aromatic carbocycles. The molecule has 4 rings (SSSR count). The first-order valence-corrected chi connectivity index (χ1v) is 10.3. The highest BCUT2D eigenvalue weighted by Gasteiger charge is 2.40. The molecular weight excluding hydrogens is 364 g/mol. The fourth-order valence-corrected chi connectivity index (χ4v) is 4.19. The van der Waals surface area contributed by atoms with Crippen molar-refractivity contribution in [2.45, 2.75) is 45.6 Å². The van der Waals surface area contributed by atoms with Crippen molar-refractivity contribution in [3.63, 3.8) is 0 Å². The number of nitrogens with two attached hydrogens (primary N) is 1. The van der Waals surface area contributed by atoms with Crippen LogP contribution in [0.3, 0.4) is 0 Å². The van der Waals surface area contributed by atoms with E-state index in [9.17, 15) is 4.79 Å². The van der Waals surface area contributed by atoms with Gasteiger partial charge in [0, 0.05) is 24.2 Å². The Kier molecular flexibility index (Phi) is 4.93. The highest BCUT2D eigenvalue weighted by atomic mass is 16.6. The third-order valence-corrected chi connectivity index (χ3v) is 5.89. The Bertz CT molecular complexity index is 891. The number of likely N-dealkylation sites (tertiary alicyclic amines) is 1.